The van der Waals surface area contributed by atoms with Gasteiger partial charge in [0.2, 0.25) is 0 Å². The van der Waals surface area contributed by atoms with E-state index in [1.807, 2.05) is 4.90 Å². The standard InChI is InChI=1S/C11H17N3O3/c1-9(2)11(16)17-7-10(15)13-4-6-14-5-3-12-8-14/h8H,1,3-7H2,2H3,(H,13,15). The number of aliphatic imine (C=N–C) groups is 1. The first-order valence-electron chi connectivity index (χ1n) is 5.43. The molecular formula is C11H17N3O3. The predicted octanol–water partition coefficient (Wildman–Crippen LogP) is -0.434. The molecule has 0 saturated heterocycles. The van der Waals surface area contributed by atoms with Crippen LogP contribution in [0, 0.1) is 0 Å². The van der Waals surface area contributed by atoms with E-state index in [-0.39, 0.29) is 18.1 Å². The first-order chi connectivity index (χ1) is 8.09. The van der Waals surface area contributed by atoms with Crippen molar-refractivity contribution in [1.82, 2.24) is 10.2 Å². The predicted molar refractivity (Wildman–Crippen MR) is 63.7 cm³/mol. The fourth-order valence-corrected chi connectivity index (χ4v) is 1.23. The normalized spacial score (nSPS) is 13.6. The van der Waals surface area contributed by atoms with Crippen molar-refractivity contribution < 1.29 is 14.3 Å². The number of ether oxygens (including phenoxy) is 1. The fraction of sp³-hybridized carbons (Fsp3) is 0.545. The highest BCUT2D eigenvalue weighted by Gasteiger charge is 2.08. The van der Waals surface area contributed by atoms with Gasteiger partial charge in [0.15, 0.2) is 6.61 Å². The van der Waals surface area contributed by atoms with Crippen LogP contribution in [0.15, 0.2) is 17.1 Å². The van der Waals surface area contributed by atoms with E-state index in [1.165, 1.54) is 6.92 Å². The molecule has 0 spiro atoms. The van der Waals surface area contributed by atoms with Gasteiger partial charge in [-0.25, -0.2) is 4.79 Å². The second kappa shape index (κ2) is 6.67. The SMILES string of the molecule is C=C(C)C(=O)OCC(=O)NCCN1C=NCC1. The number of nitrogens with one attached hydrogen (secondary N) is 1. The second-order valence-electron chi connectivity index (χ2n) is 3.76. The summed E-state index contributed by atoms with van der Waals surface area (Å²) in [7, 11) is 0. The number of nitrogens with zero attached hydrogens (tertiary/aromatic N) is 2. The third-order valence-corrected chi connectivity index (χ3v) is 2.17. The van der Waals surface area contributed by atoms with Crippen LogP contribution < -0.4 is 5.32 Å². The average molecular weight is 239 g/mol. The van der Waals surface area contributed by atoms with Gasteiger partial charge in [0.25, 0.3) is 5.91 Å². The smallest absolute Gasteiger partial charge is 0.333 e. The van der Waals surface area contributed by atoms with Crippen LogP contribution in [0.25, 0.3) is 0 Å². The third-order valence-electron chi connectivity index (χ3n) is 2.17. The second-order valence-corrected chi connectivity index (χ2v) is 3.76. The monoisotopic (exact) mass is 239 g/mol. The molecule has 0 unspecified atom stereocenters. The van der Waals surface area contributed by atoms with E-state index >= 15 is 0 Å². The molecule has 6 heteroatoms. The number of esters is 1. The van der Waals surface area contributed by atoms with Crippen LogP contribution in [0.4, 0.5) is 0 Å². The van der Waals surface area contributed by atoms with Gasteiger partial charge in [0.05, 0.1) is 12.9 Å². The van der Waals surface area contributed by atoms with Crippen LogP contribution in [-0.2, 0) is 14.3 Å². The molecule has 1 amide bonds. The van der Waals surface area contributed by atoms with E-state index in [0.717, 1.165) is 13.1 Å². The molecule has 0 bridgehead atoms. The van der Waals surface area contributed by atoms with Gasteiger partial charge < -0.3 is 15.0 Å². The van der Waals surface area contributed by atoms with Crippen molar-refractivity contribution in [2.24, 2.45) is 4.99 Å². The first-order valence-corrected chi connectivity index (χ1v) is 5.43. The van der Waals surface area contributed by atoms with Crippen molar-refractivity contribution in [3.8, 4) is 0 Å². The number of rotatable bonds is 6. The Hall–Kier alpha value is -1.85. The lowest BCUT2D eigenvalue weighted by Crippen LogP contribution is -2.35. The van der Waals surface area contributed by atoms with Crippen molar-refractivity contribution in [3.05, 3.63) is 12.2 Å². The molecule has 1 heterocycles. The Kier molecular flexibility index (Phi) is 5.19. The molecule has 0 atom stereocenters. The zero-order valence-electron chi connectivity index (χ0n) is 9.94. The fourth-order valence-electron chi connectivity index (χ4n) is 1.23. The molecule has 0 aromatic carbocycles. The first kappa shape index (κ1) is 13.2. The van der Waals surface area contributed by atoms with Gasteiger partial charge in [0, 0.05) is 25.2 Å². The van der Waals surface area contributed by atoms with Crippen molar-refractivity contribution >= 4 is 18.2 Å². The Morgan fingerprint density at radius 1 is 1.59 bits per heavy atom. The van der Waals surface area contributed by atoms with Crippen LogP contribution in [0.3, 0.4) is 0 Å². The summed E-state index contributed by atoms with van der Waals surface area (Å²) in [4.78, 5) is 28.3. The molecule has 0 saturated carbocycles. The molecule has 17 heavy (non-hydrogen) atoms. The van der Waals surface area contributed by atoms with Gasteiger partial charge in [-0.15, -0.1) is 0 Å². The minimum atomic E-state index is -0.549. The van der Waals surface area contributed by atoms with Crippen LogP contribution in [0.1, 0.15) is 6.92 Å². The maximum Gasteiger partial charge on any atom is 0.333 e. The Morgan fingerprint density at radius 2 is 2.35 bits per heavy atom. The summed E-state index contributed by atoms with van der Waals surface area (Å²) in [5, 5.41) is 2.65. The number of carbonyl (C=O) groups is 2. The van der Waals surface area contributed by atoms with Gasteiger partial charge in [0.1, 0.15) is 0 Å². The molecule has 0 aromatic heterocycles. The maximum absolute atomic E-state index is 11.3. The minimum Gasteiger partial charge on any atom is -0.452 e. The highest BCUT2D eigenvalue weighted by molar-refractivity contribution is 5.89. The molecule has 0 fully saturated rings. The van der Waals surface area contributed by atoms with Crippen molar-refractivity contribution in [2.45, 2.75) is 6.92 Å². The summed E-state index contributed by atoms with van der Waals surface area (Å²) < 4.78 is 4.70. The highest BCUT2D eigenvalue weighted by Crippen LogP contribution is 1.92. The van der Waals surface area contributed by atoms with Crippen molar-refractivity contribution in [3.63, 3.8) is 0 Å². The van der Waals surface area contributed by atoms with Crippen LogP contribution in [-0.4, -0.2) is 55.9 Å². The van der Waals surface area contributed by atoms with Gasteiger partial charge in [-0.2, -0.15) is 0 Å². The average Bonchev–Trinajstić information content (AvgIpc) is 2.78. The zero-order chi connectivity index (χ0) is 12.7. The molecule has 1 N–H and O–H groups in total. The van der Waals surface area contributed by atoms with E-state index in [1.54, 1.807) is 6.34 Å². The lowest BCUT2D eigenvalue weighted by atomic mass is 10.4. The quantitative estimate of drug-likeness (QED) is 0.504. The molecule has 0 aliphatic carbocycles. The van der Waals surface area contributed by atoms with E-state index in [9.17, 15) is 9.59 Å². The van der Waals surface area contributed by atoms with Gasteiger partial charge >= 0.3 is 5.97 Å². The molecule has 94 valence electrons. The minimum absolute atomic E-state index is 0.264. The Balaban J connectivity index is 2.06. The lowest BCUT2D eigenvalue weighted by molar-refractivity contribution is -0.144. The summed E-state index contributed by atoms with van der Waals surface area (Å²) in [6.07, 6.45) is 1.77. The molecule has 1 aliphatic rings. The summed E-state index contributed by atoms with van der Waals surface area (Å²) in [5.74, 6) is -0.859. The molecule has 1 aliphatic heterocycles. The van der Waals surface area contributed by atoms with E-state index in [2.05, 4.69) is 16.9 Å². The van der Waals surface area contributed by atoms with Crippen LogP contribution in [0.5, 0.6) is 0 Å². The van der Waals surface area contributed by atoms with Crippen LogP contribution in [0.2, 0.25) is 0 Å². The summed E-state index contributed by atoms with van der Waals surface area (Å²) in [6.45, 7) is 7.61. The van der Waals surface area contributed by atoms with Gasteiger partial charge in [-0.05, 0) is 6.92 Å². The Labute approximate surface area is 100 Å². The summed E-state index contributed by atoms with van der Waals surface area (Å²) in [6, 6.07) is 0. The number of amides is 1. The highest BCUT2D eigenvalue weighted by atomic mass is 16.5. The van der Waals surface area contributed by atoms with E-state index < -0.39 is 5.97 Å². The Bertz CT molecular complexity index is 339. The number of hydrogen-bond acceptors (Lipinski definition) is 5. The number of carbonyl (C=O) groups excluding carboxylic acids is 2. The molecule has 0 aromatic rings. The van der Waals surface area contributed by atoms with Gasteiger partial charge in [-0.3, -0.25) is 9.79 Å². The summed E-state index contributed by atoms with van der Waals surface area (Å²) >= 11 is 0. The lowest BCUT2D eigenvalue weighted by Gasteiger charge is -2.13. The summed E-state index contributed by atoms with van der Waals surface area (Å²) in [5.41, 5.74) is 0.283. The van der Waals surface area contributed by atoms with Crippen LogP contribution >= 0.6 is 0 Å². The molecule has 6 nitrogen and oxygen atoms in total. The van der Waals surface area contributed by atoms with E-state index in [4.69, 9.17) is 4.74 Å². The molecular weight excluding hydrogens is 222 g/mol. The number of hydrogen-bond donors (Lipinski definition) is 1. The van der Waals surface area contributed by atoms with Crippen molar-refractivity contribution in [2.75, 3.05) is 32.8 Å². The molecule has 1 rings (SSSR count). The largest absolute Gasteiger partial charge is 0.452 e. The third kappa shape index (κ3) is 5.14. The van der Waals surface area contributed by atoms with E-state index in [0.29, 0.717) is 13.1 Å². The Morgan fingerprint density at radius 3 is 2.94 bits per heavy atom. The van der Waals surface area contributed by atoms with Gasteiger partial charge in [-0.1, -0.05) is 6.58 Å². The zero-order valence-corrected chi connectivity index (χ0v) is 9.94. The molecule has 0 radical (unpaired) electrons. The van der Waals surface area contributed by atoms with Crippen molar-refractivity contribution in [1.29, 1.82) is 0 Å². The topological polar surface area (TPSA) is 71.0 Å². The maximum atomic E-state index is 11.3.